The summed E-state index contributed by atoms with van der Waals surface area (Å²) >= 11 is 1.09. The number of carboxylic acids is 1. The van der Waals surface area contributed by atoms with Gasteiger partial charge in [-0.3, -0.25) is 9.59 Å². The van der Waals surface area contributed by atoms with Gasteiger partial charge in [-0.05, 0) is 18.2 Å². The minimum Gasteiger partial charge on any atom is -0.480 e. The summed E-state index contributed by atoms with van der Waals surface area (Å²) in [6.07, 6.45) is 0.312. The Labute approximate surface area is 125 Å². The van der Waals surface area contributed by atoms with E-state index in [9.17, 15) is 14.4 Å². The Morgan fingerprint density at radius 2 is 2.24 bits per heavy atom. The summed E-state index contributed by atoms with van der Waals surface area (Å²) in [6.45, 7) is 0. The van der Waals surface area contributed by atoms with E-state index < -0.39 is 12.0 Å². The zero-order valence-electron chi connectivity index (χ0n) is 10.9. The standard InChI is InChI=1S/C13H13N3O4S/c14-5-9-2-1-3-10(4-9)16-12(18)7-21-6-11(13(19)20)15-8-17/h1-4,8,11H,6-7H2,(H,15,17)(H,16,18)(H,19,20). The lowest BCUT2D eigenvalue weighted by Crippen LogP contribution is -2.38. The molecule has 7 nitrogen and oxygen atoms in total. The second-order valence-electron chi connectivity index (χ2n) is 3.93. The van der Waals surface area contributed by atoms with Crippen molar-refractivity contribution in [3.05, 3.63) is 29.8 Å². The minimum atomic E-state index is -1.16. The van der Waals surface area contributed by atoms with Gasteiger partial charge in [0.15, 0.2) is 0 Å². The normalized spacial score (nSPS) is 11.0. The van der Waals surface area contributed by atoms with E-state index in [0.29, 0.717) is 17.7 Å². The molecule has 21 heavy (non-hydrogen) atoms. The number of carboxylic acid groups (broad SMARTS) is 1. The molecule has 0 aliphatic heterocycles. The number of rotatable bonds is 8. The van der Waals surface area contributed by atoms with Crippen LogP contribution in [0.5, 0.6) is 0 Å². The second-order valence-corrected chi connectivity index (χ2v) is 4.96. The van der Waals surface area contributed by atoms with Gasteiger partial charge in [0.1, 0.15) is 6.04 Å². The lowest BCUT2D eigenvalue weighted by molar-refractivity contribution is -0.139. The lowest BCUT2D eigenvalue weighted by Gasteiger charge is -2.10. The number of nitrogens with one attached hydrogen (secondary N) is 2. The van der Waals surface area contributed by atoms with Crippen molar-refractivity contribution in [3.8, 4) is 6.07 Å². The molecule has 2 amide bonds. The summed E-state index contributed by atoms with van der Waals surface area (Å²) in [5.74, 6) is -1.34. The van der Waals surface area contributed by atoms with E-state index in [1.165, 1.54) is 6.07 Å². The topological polar surface area (TPSA) is 119 Å². The SMILES string of the molecule is N#Cc1cccc(NC(=O)CSCC(NC=O)C(=O)O)c1. The van der Waals surface area contributed by atoms with Crippen LogP contribution in [0.25, 0.3) is 0 Å². The number of hydrogen-bond acceptors (Lipinski definition) is 5. The summed E-state index contributed by atoms with van der Waals surface area (Å²) in [5, 5.41) is 22.3. The van der Waals surface area contributed by atoms with Crippen LogP contribution in [0.1, 0.15) is 5.56 Å². The van der Waals surface area contributed by atoms with Gasteiger partial charge in [-0.2, -0.15) is 5.26 Å². The largest absolute Gasteiger partial charge is 0.480 e. The first-order valence-corrected chi connectivity index (χ1v) is 7.02. The van der Waals surface area contributed by atoms with Gasteiger partial charge in [0.05, 0.1) is 17.4 Å². The quantitative estimate of drug-likeness (QED) is 0.599. The van der Waals surface area contributed by atoms with Gasteiger partial charge >= 0.3 is 5.97 Å². The highest BCUT2D eigenvalue weighted by Crippen LogP contribution is 2.11. The average Bonchev–Trinajstić information content (AvgIpc) is 2.46. The smallest absolute Gasteiger partial charge is 0.327 e. The van der Waals surface area contributed by atoms with Crippen molar-refractivity contribution < 1.29 is 19.5 Å². The monoisotopic (exact) mass is 307 g/mol. The van der Waals surface area contributed by atoms with Crippen molar-refractivity contribution >= 4 is 35.7 Å². The summed E-state index contributed by atoms with van der Waals surface area (Å²) in [6, 6.07) is 7.39. The van der Waals surface area contributed by atoms with Gasteiger partial charge < -0.3 is 15.7 Å². The van der Waals surface area contributed by atoms with Crippen molar-refractivity contribution in [2.24, 2.45) is 0 Å². The van der Waals surface area contributed by atoms with Crippen molar-refractivity contribution in [1.29, 1.82) is 5.26 Å². The summed E-state index contributed by atoms with van der Waals surface area (Å²) in [7, 11) is 0. The fraction of sp³-hybridized carbons (Fsp3) is 0.231. The van der Waals surface area contributed by atoms with Crippen LogP contribution in [0, 0.1) is 11.3 Å². The number of anilines is 1. The van der Waals surface area contributed by atoms with E-state index in [0.717, 1.165) is 11.8 Å². The molecule has 1 rings (SSSR count). The predicted octanol–water partition coefficient (Wildman–Crippen LogP) is 0.429. The molecule has 3 N–H and O–H groups in total. The highest BCUT2D eigenvalue weighted by atomic mass is 32.2. The number of amides is 2. The van der Waals surface area contributed by atoms with E-state index >= 15 is 0 Å². The Kier molecular flexibility index (Phi) is 6.77. The molecule has 0 heterocycles. The first-order chi connectivity index (χ1) is 10.1. The predicted molar refractivity (Wildman–Crippen MR) is 77.7 cm³/mol. The van der Waals surface area contributed by atoms with Crippen molar-refractivity contribution in [2.45, 2.75) is 6.04 Å². The van der Waals surface area contributed by atoms with Crippen LogP contribution < -0.4 is 10.6 Å². The molecule has 1 unspecified atom stereocenters. The Hall–Kier alpha value is -2.53. The maximum atomic E-state index is 11.7. The Balaban J connectivity index is 2.42. The molecule has 110 valence electrons. The highest BCUT2D eigenvalue weighted by Gasteiger charge is 2.16. The molecule has 0 radical (unpaired) electrons. The maximum Gasteiger partial charge on any atom is 0.327 e. The fourth-order valence-electron chi connectivity index (χ4n) is 1.41. The van der Waals surface area contributed by atoms with Crippen LogP contribution in [-0.2, 0) is 14.4 Å². The molecule has 0 bridgehead atoms. The van der Waals surface area contributed by atoms with Crippen molar-refractivity contribution in [2.75, 3.05) is 16.8 Å². The van der Waals surface area contributed by atoms with Gasteiger partial charge in [0.25, 0.3) is 0 Å². The number of nitrogens with zero attached hydrogens (tertiary/aromatic N) is 1. The van der Waals surface area contributed by atoms with E-state index in [2.05, 4.69) is 10.6 Å². The third-order valence-corrected chi connectivity index (χ3v) is 3.40. The molecule has 0 saturated heterocycles. The molecule has 1 atom stereocenters. The Morgan fingerprint density at radius 1 is 1.48 bits per heavy atom. The minimum absolute atomic E-state index is 0.0428. The molecule has 0 saturated carbocycles. The molecule has 8 heteroatoms. The Morgan fingerprint density at radius 3 is 2.86 bits per heavy atom. The summed E-state index contributed by atoms with van der Waals surface area (Å²) in [5.41, 5.74) is 0.932. The molecular formula is C13H13N3O4S. The van der Waals surface area contributed by atoms with Crippen LogP contribution in [0.4, 0.5) is 5.69 Å². The molecule has 1 aromatic carbocycles. The summed E-state index contributed by atoms with van der Waals surface area (Å²) < 4.78 is 0. The second kappa shape index (κ2) is 8.60. The first-order valence-electron chi connectivity index (χ1n) is 5.87. The molecular weight excluding hydrogens is 294 g/mol. The Bertz CT molecular complexity index is 571. The van der Waals surface area contributed by atoms with Gasteiger partial charge in [-0.1, -0.05) is 6.07 Å². The molecule has 0 aromatic heterocycles. The van der Waals surface area contributed by atoms with E-state index in [1.807, 2.05) is 6.07 Å². The van der Waals surface area contributed by atoms with Gasteiger partial charge in [-0.15, -0.1) is 11.8 Å². The summed E-state index contributed by atoms with van der Waals surface area (Å²) in [4.78, 5) is 32.7. The number of benzene rings is 1. The molecule has 1 aromatic rings. The van der Waals surface area contributed by atoms with Crippen molar-refractivity contribution in [1.82, 2.24) is 5.32 Å². The lowest BCUT2D eigenvalue weighted by atomic mass is 10.2. The fourth-order valence-corrected chi connectivity index (χ4v) is 2.26. The van der Waals surface area contributed by atoms with Crippen LogP contribution in [-0.4, -0.2) is 40.9 Å². The van der Waals surface area contributed by atoms with Gasteiger partial charge in [0, 0.05) is 11.4 Å². The number of aliphatic carboxylic acids is 1. The molecule has 0 spiro atoms. The van der Waals surface area contributed by atoms with Crippen molar-refractivity contribution in [3.63, 3.8) is 0 Å². The first kappa shape index (κ1) is 16.5. The van der Waals surface area contributed by atoms with E-state index in [-0.39, 0.29) is 17.4 Å². The highest BCUT2D eigenvalue weighted by molar-refractivity contribution is 8.00. The number of carbonyl (C=O) groups excluding carboxylic acids is 2. The zero-order chi connectivity index (χ0) is 15.7. The van der Waals surface area contributed by atoms with Crippen LogP contribution in [0.3, 0.4) is 0 Å². The average molecular weight is 307 g/mol. The third kappa shape index (κ3) is 5.97. The molecule has 0 fully saturated rings. The number of carbonyl (C=O) groups is 3. The van der Waals surface area contributed by atoms with Crippen LogP contribution in [0.15, 0.2) is 24.3 Å². The zero-order valence-corrected chi connectivity index (χ0v) is 11.7. The number of nitriles is 1. The van der Waals surface area contributed by atoms with E-state index in [4.69, 9.17) is 10.4 Å². The number of thioether (sulfide) groups is 1. The molecule has 0 aliphatic carbocycles. The van der Waals surface area contributed by atoms with Crippen LogP contribution >= 0.6 is 11.8 Å². The number of hydrogen-bond donors (Lipinski definition) is 3. The van der Waals surface area contributed by atoms with Gasteiger partial charge in [0.2, 0.25) is 12.3 Å². The van der Waals surface area contributed by atoms with E-state index in [1.54, 1.807) is 18.2 Å². The van der Waals surface area contributed by atoms with Crippen LogP contribution in [0.2, 0.25) is 0 Å². The third-order valence-electron chi connectivity index (χ3n) is 2.36. The maximum absolute atomic E-state index is 11.7. The van der Waals surface area contributed by atoms with Gasteiger partial charge in [-0.25, -0.2) is 4.79 Å². The molecule has 0 aliphatic rings.